The molecular weight excluding hydrogens is 313 g/mol. The summed E-state index contributed by atoms with van der Waals surface area (Å²) in [6, 6.07) is 5.01. The summed E-state index contributed by atoms with van der Waals surface area (Å²) in [5, 5.41) is 0.987. The van der Waals surface area contributed by atoms with Crippen LogP contribution in [0.2, 0.25) is 10.0 Å². The van der Waals surface area contributed by atoms with Crippen molar-refractivity contribution in [2.45, 2.75) is 13.8 Å². The minimum Gasteiger partial charge on any atom is -0.465 e. The molecule has 0 atom stereocenters. The average Bonchev–Trinajstić information content (AvgIpc) is 2.43. The number of carbonyl (C=O) groups is 2. The van der Waals surface area contributed by atoms with Gasteiger partial charge in [-0.1, -0.05) is 29.3 Å². The Kier molecular flexibility index (Phi) is 7.26. The zero-order valence-electron chi connectivity index (χ0n) is 11.9. The molecule has 6 heteroatoms. The lowest BCUT2D eigenvalue weighted by atomic mass is 10.2. The molecule has 0 unspecified atom stereocenters. The number of hydrogen-bond acceptors (Lipinski definition) is 3. The van der Waals surface area contributed by atoms with E-state index in [4.69, 9.17) is 27.9 Å². The van der Waals surface area contributed by atoms with Gasteiger partial charge in [-0.2, -0.15) is 0 Å². The number of benzene rings is 1. The molecule has 0 aliphatic carbocycles. The fourth-order valence-corrected chi connectivity index (χ4v) is 2.08. The van der Waals surface area contributed by atoms with Crippen LogP contribution >= 0.6 is 23.2 Å². The number of halogens is 2. The smallest absolute Gasteiger partial charge is 0.325 e. The van der Waals surface area contributed by atoms with Gasteiger partial charge < -0.3 is 9.64 Å². The minimum absolute atomic E-state index is 0.0676. The molecule has 0 aliphatic rings. The van der Waals surface area contributed by atoms with Crippen LogP contribution in [0.15, 0.2) is 24.3 Å². The Labute approximate surface area is 134 Å². The third-order valence-electron chi connectivity index (χ3n) is 2.69. The maximum atomic E-state index is 12.0. The van der Waals surface area contributed by atoms with Gasteiger partial charge in [-0.25, -0.2) is 0 Å². The van der Waals surface area contributed by atoms with Crippen molar-refractivity contribution in [3.63, 3.8) is 0 Å². The van der Waals surface area contributed by atoms with Gasteiger partial charge in [0.15, 0.2) is 0 Å². The van der Waals surface area contributed by atoms with Crippen LogP contribution in [-0.2, 0) is 14.3 Å². The number of rotatable bonds is 6. The van der Waals surface area contributed by atoms with Crippen molar-refractivity contribution in [2.75, 3.05) is 19.7 Å². The van der Waals surface area contributed by atoms with Crippen molar-refractivity contribution in [1.82, 2.24) is 4.90 Å². The van der Waals surface area contributed by atoms with Crippen LogP contribution in [0, 0.1) is 0 Å². The predicted octanol–water partition coefficient (Wildman–Crippen LogP) is 3.42. The molecule has 0 heterocycles. The quantitative estimate of drug-likeness (QED) is 0.593. The van der Waals surface area contributed by atoms with Crippen molar-refractivity contribution in [2.24, 2.45) is 0 Å². The molecule has 0 saturated heterocycles. The number of amides is 1. The lowest BCUT2D eigenvalue weighted by molar-refractivity contribution is -0.147. The summed E-state index contributed by atoms with van der Waals surface area (Å²) in [6.45, 7) is 4.15. The minimum atomic E-state index is -0.425. The van der Waals surface area contributed by atoms with E-state index in [0.717, 1.165) is 0 Å². The van der Waals surface area contributed by atoms with E-state index >= 15 is 0 Å². The molecule has 0 bridgehead atoms. The molecule has 0 fully saturated rings. The molecule has 1 aromatic rings. The van der Waals surface area contributed by atoms with Gasteiger partial charge in [0.05, 0.1) is 6.61 Å². The number of esters is 1. The average molecular weight is 330 g/mol. The highest BCUT2D eigenvalue weighted by Gasteiger charge is 2.13. The van der Waals surface area contributed by atoms with E-state index in [1.54, 1.807) is 38.1 Å². The lowest BCUT2D eigenvalue weighted by Crippen LogP contribution is -2.35. The molecule has 1 amide bonds. The van der Waals surface area contributed by atoms with Gasteiger partial charge in [0, 0.05) is 22.7 Å². The van der Waals surface area contributed by atoms with Gasteiger partial charge in [-0.15, -0.1) is 0 Å². The maximum Gasteiger partial charge on any atom is 0.325 e. The summed E-state index contributed by atoms with van der Waals surface area (Å²) >= 11 is 11.8. The third kappa shape index (κ3) is 5.78. The topological polar surface area (TPSA) is 46.6 Å². The first-order valence-electron chi connectivity index (χ1n) is 6.55. The summed E-state index contributed by atoms with van der Waals surface area (Å²) in [5.41, 5.74) is 0.682. The zero-order valence-corrected chi connectivity index (χ0v) is 13.4. The van der Waals surface area contributed by atoms with Gasteiger partial charge in [-0.05, 0) is 37.6 Å². The molecule has 1 aromatic carbocycles. The molecule has 1 rings (SSSR count). The van der Waals surface area contributed by atoms with Crippen molar-refractivity contribution in [3.8, 4) is 0 Å². The monoisotopic (exact) mass is 329 g/mol. The number of carbonyl (C=O) groups excluding carboxylic acids is 2. The molecule has 0 saturated carbocycles. The van der Waals surface area contributed by atoms with Crippen LogP contribution in [0.1, 0.15) is 19.4 Å². The Morgan fingerprint density at radius 2 is 2.00 bits per heavy atom. The highest BCUT2D eigenvalue weighted by atomic mass is 35.5. The molecule has 0 radical (unpaired) electrons. The van der Waals surface area contributed by atoms with Crippen LogP contribution < -0.4 is 0 Å². The second-order valence-electron chi connectivity index (χ2n) is 4.16. The van der Waals surface area contributed by atoms with E-state index in [2.05, 4.69) is 0 Å². The Morgan fingerprint density at radius 1 is 1.29 bits per heavy atom. The van der Waals surface area contributed by atoms with Gasteiger partial charge in [0.25, 0.3) is 0 Å². The second kappa shape index (κ2) is 8.70. The molecule has 4 nitrogen and oxygen atoms in total. The summed E-state index contributed by atoms with van der Waals surface area (Å²) in [7, 11) is 0. The Morgan fingerprint density at radius 3 is 2.57 bits per heavy atom. The van der Waals surface area contributed by atoms with Crippen LogP contribution in [0.3, 0.4) is 0 Å². The van der Waals surface area contributed by atoms with E-state index < -0.39 is 5.97 Å². The van der Waals surface area contributed by atoms with Crippen molar-refractivity contribution >= 4 is 41.2 Å². The van der Waals surface area contributed by atoms with Gasteiger partial charge in [0.1, 0.15) is 6.54 Å². The lowest BCUT2D eigenvalue weighted by Gasteiger charge is -2.17. The number of hydrogen-bond donors (Lipinski definition) is 0. The molecule has 0 N–H and O–H groups in total. The van der Waals surface area contributed by atoms with E-state index in [9.17, 15) is 9.59 Å². The summed E-state index contributed by atoms with van der Waals surface area (Å²) in [6.07, 6.45) is 2.96. The van der Waals surface area contributed by atoms with Crippen LogP contribution in [-0.4, -0.2) is 36.5 Å². The van der Waals surface area contributed by atoms with Crippen LogP contribution in [0.5, 0.6) is 0 Å². The highest BCUT2D eigenvalue weighted by Crippen LogP contribution is 2.22. The van der Waals surface area contributed by atoms with E-state index in [1.165, 1.54) is 11.0 Å². The standard InChI is InChI=1S/C15H17Cl2NO3/c1-3-18(10-15(20)21-4-2)14(19)8-6-11-5-7-12(16)9-13(11)17/h5-9H,3-4,10H2,1-2H3/b8-6+. The van der Waals surface area contributed by atoms with Crippen molar-refractivity contribution < 1.29 is 14.3 Å². The first-order chi connectivity index (χ1) is 9.97. The summed E-state index contributed by atoms with van der Waals surface area (Å²) < 4.78 is 4.83. The predicted molar refractivity (Wildman–Crippen MR) is 84.4 cm³/mol. The number of likely N-dealkylation sites (N-methyl/N-ethyl adjacent to an activating group) is 1. The summed E-state index contributed by atoms with van der Waals surface area (Å²) in [5.74, 6) is -0.706. The van der Waals surface area contributed by atoms with Crippen molar-refractivity contribution in [1.29, 1.82) is 0 Å². The Balaban J connectivity index is 2.73. The van der Waals surface area contributed by atoms with Crippen molar-refractivity contribution in [3.05, 3.63) is 39.9 Å². The number of ether oxygens (including phenoxy) is 1. The fraction of sp³-hybridized carbons (Fsp3) is 0.333. The van der Waals surface area contributed by atoms with Gasteiger partial charge >= 0.3 is 5.97 Å². The summed E-state index contributed by atoms with van der Waals surface area (Å²) in [4.78, 5) is 24.8. The third-order valence-corrected chi connectivity index (χ3v) is 3.25. The first-order valence-corrected chi connectivity index (χ1v) is 7.31. The Hall–Kier alpha value is -1.52. The largest absolute Gasteiger partial charge is 0.465 e. The fourth-order valence-electron chi connectivity index (χ4n) is 1.61. The molecular formula is C15H17Cl2NO3. The normalized spacial score (nSPS) is 10.7. The van der Waals surface area contributed by atoms with E-state index in [0.29, 0.717) is 28.8 Å². The number of nitrogens with zero attached hydrogens (tertiary/aromatic N) is 1. The van der Waals surface area contributed by atoms with Gasteiger partial charge in [-0.3, -0.25) is 9.59 Å². The molecule has 21 heavy (non-hydrogen) atoms. The molecule has 0 spiro atoms. The highest BCUT2D eigenvalue weighted by molar-refractivity contribution is 6.35. The zero-order chi connectivity index (χ0) is 15.8. The maximum absolute atomic E-state index is 12.0. The SMILES string of the molecule is CCOC(=O)CN(CC)C(=O)/C=C/c1ccc(Cl)cc1Cl. The Bertz CT molecular complexity index is 544. The van der Waals surface area contributed by atoms with Crippen LogP contribution in [0.4, 0.5) is 0 Å². The van der Waals surface area contributed by atoms with E-state index in [-0.39, 0.29) is 12.5 Å². The molecule has 0 aromatic heterocycles. The van der Waals surface area contributed by atoms with Crippen LogP contribution in [0.25, 0.3) is 6.08 Å². The second-order valence-corrected chi connectivity index (χ2v) is 5.00. The van der Waals surface area contributed by atoms with Gasteiger partial charge in [0.2, 0.25) is 5.91 Å². The first kappa shape index (κ1) is 17.5. The molecule has 114 valence electrons. The van der Waals surface area contributed by atoms with E-state index in [1.807, 2.05) is 0 Å². The molecule has 0 aliphatic heterocycles.